The van der Waals surface area contributed by atoms with Crippen LogP contribution in [-0.4, -0.2) is 17.6 Å². The average Bonchev–Trinajstić information content (AvgIpc) is 3.01. The van der Waals surface area contributed by atoms with Crippen LogP contribution in [-0.2, 0) is 0 Å². The van der Waals surface area contributed by atoms with E-state index in [2.05, 4.69) is 15.6 Å². The smallest absolute Gasteiger partial charge is 0.315 e. The SMILES string of the molecule is Cc1nc(C)c([C@@H](C)NC(=O)NCC2CC2)s1. The second-order valence-corrected chi connectivity index (χ2v) is 5.94. The van der Waals surface area contributed by atoms with Crippen LogP contribution in [0.3, 0.4) is 0 Å². The summed E-state index contributed by atoms with van der Waals surface area (Å²) in [5.41, 5.74) is 1.02. The number of carbonyl (C=O) groups is 1. The summed E-state index contributed by atoms with van der Waals surface area (Å²) in [6.45, 7) is 6.77. The molecule has 0 bridgehead atoms. The quantitative estimate of drug-likeness (QED) is 0.866. The number of carbonyl (C=O) groups excluding carboxylic acids is 1. The minimum Gasteiger partial charge on any atom is -0.338 e. The molecule has 94 valence electrons. The van der Waals surface area contributed by atoms with Gasteiger partial charge in [-0.3, -0.25) is 0 Å². The van der Waals surface area contributed by atoms with Gasteiger partial charge in [0.15, 0.2) is 0 Å². The number of urea groups is 1. The van der Waals surface area contributed by atoms with E-state index >= 15 is 0 Å². The van der Waals surface area contributed by atoms with Gasteiger partial charge >= 0.3 is 6.03 Å². The second kappa shape index (κ2) is 5.04. The third-order valence-corrected chi connectivity index (χ3v) is 4.18. The fourth-order valence-corrected chi connectivity index (χ4v) is 2.75. The summed E-state index contributed by atoms with van der Waals surface area (Å²) >= 11 is 1.65. The van der Waals surface area contributed by atoms with Gasteiger partial charge in [-0.25, -0.2) is 9.78 Å². The largest absolute Gasteiger partial charge is 0.338 e. The normalized spacial score (nSPS) is 16.6. The van der Waals surface area contributed by atoms with Crippen molar-refractivity contribution in [3.8, 4) is 0 Å². The monoisotopic (exact) mass is 253 g/mol. The number of aromatic nitrogens is 1. The minimum absolute atomic E-state index is 0.0282. The summed E-state index contributed by atoms with van der Waals surface area (Å²) in [5, 5.41) is 6.91. The Kier molecular flexibility index (Phi) is 3.66. The van der Waals surface area contributed by atoms with Crippen LogP contribution in [0.5, 0.6) is 0 Å². The van der Waals surface area contributed by atoms with Crippen LogP contribution >= 0.6 is 11.3 Å². The number of aryl methyl sites for hydroxylation is 2. The van der Waals surface area contributed by atoms with Crippen LogP contribution in [0.2, 0.25) is 0 Å². The second-order valence-electron chi connectivity index (χ2n) is 4.70. The Hall–Kier alpha value is -1.10. The van der Waals surface area contributed by atoms with Crippen LogP contribution in [0, 0.1) is 19.8 Å². The van der Waals surface area contributed by atoms with E-state index in [1.807, 2.05) is 20.8 Å². The van der Waals surface area contributed by atoms with Gasteiger partial charge in [-0.2, -0.15) is 0 Å². The predicted molar refractivity (Wildman–Crippen MR) is 69.3 cm³/mol. The molecule has 1 aromatic rings. The van der Waals surface area contributed by atoms with Crippen molar-refractivity contribution in [1.29, 1.82) is 0 Å². The number of nitrogens with zero attached hydrogens (tertiary/aromatic N) is 1. The molecule has 0 radical (unpaired) electrons. The zero-order valence-electron chi connectivity index (χ0n) is 10.5. The van der Waals surface area contributed by atoms with Crippen molar-refractivity contribution in [2.24, 2.45) is 5.92 Å². The van der Waals surface area contributed by atoms with Gasteiger partial charge in [0.05, 0.1) is 16.7 Å². The van der Waals surface area contributed by atoms with Crippen molar-refractivity contribution in [2.45, 2.75) is 39.7 Å². The molecular weight excluding hydrogens is 234 g/mol. The lowest BCUT2D eigenvalue weighted by molar-refractivity contribution is 0.237. The van der Waals surface area contributed by atoms with Crippen molar-refractivity contribution in [3.05, 3.63) is 15.6 Å². The predicted octanol–water partition coefficient (Wildman–Crippen LogP) is 2.53. The molecule has 0 aliphatic heterocycles. The van der Waals surface area contributed by atoms with Gasteiger partial charge < -0.3 is 10.6 Å². The van der Waals surface area contributed by atoms with Gasteiger partial charge in [-0.05, 0) is 39.5 Å². The van der Waals surface area contributed by atoms with Crippen molar-refractivity contribution in [1.82, 2.24) is 15.6 Å². The van der Waals surface area contributed by atoms with E-state index in [0.29, 0.717) is 5.92 Å². The highest BCUT2D eigenvalue weighted by atomic mass is 32.1. The number of rotatable bonds is 4. The molecular formula is C12H19N3OS. The Morgan fingerprint density at radius 3 is 2.76 bits per heavy atom. The molecule has 4 nitrogen and oxygen atoms in total. The third-order valence-electron chi connectivity index (χ3n) is 2.93. The number of amides is 2. The van der Waals surface area contributed by atoms with Crippen LogP contribution in [0.25, 0.3) is 0 Å². The first kappa shape index (κ1) is 12.4. The fraction of sp³-hybridized carbons (Fsp3) is 0.667. The van der Waals surface area contributed by atoms with E-state index in [1.165, 1.54) is 12.8 Å². The van der Waals surface area contributed by atoms with Gasteiger partial charge in [-0.15, -0.1) is 11.3 Å². The lowest BCUT2D eigenvalue weighted by Crippen LogP contribution is -2.37. The summed E-state index contributed by atoms with van der Waals surface area (Å²) in [4.78, 5) is 17.2. The highest BCUT2D eigenvalue weighted by Gasteiger charge is 2.22. The molecule has 2 rings (SSSR count). The standard InChI is InChI=1S/C12H19N3OS/c1-7-11(17-9(3)14-7)8(2)15-12(16)13-6-10-4-5-10/h8,10H,4-6H2,1-3H3,(H2,13,15,16)/t8-/m1/s1. The third kappa shape index (κ3) is 3.43. The summed E-state index contributed by atoms with van der Waals surface area (Å²) < 4.78 is 0. The van der Waals surface area contributed by atoms with E-state index in [-0.39, 0.29) is 12.1 Å². The zero-order valence-corrected chi connectivity index (χ0v) is 11.4. The molecule has 1 saturated carbocycles. The van der Waals surface area contributed by atoms with E-state index in [1.54, 1.807) is 11.3 Å². The van der Waals surface area contributed by atoms with Gasteiger partial charge in [0.2, 0.25) is 0 Å². The summed E-state index contributed by atoms with van der Waals surface area (Å²) in [6.07, 6.45) is 2.51. The molecule has 1 fully saturated rings. The van der Waals surface area contributed by atoms with Crippen LogP contribution in [0.4, 0.5) is 4.79 Å². The van der Waals surface area contributed by atoms with Crippen LogP contribution in [0.1, 0.15) is 41.4 Å². The molecule has 1 heterocycles. The first-order valence-electron chi connectivity index (χ1n) is 6.04. The lowest BCUT2D eigenvalue weighted by Gasteiger charge is -2.13. The zero-order chi connectivity index (χ0) is 12.4. The molecule has 0 saturated heterocycles. The highest BCUT2D eigenvalue weighted by Crippen LogP contribution is 2.27. The molecule has 1 aliphatic carbocycles. The molecule has 2 N–H and O–H groups in total. The highest BCUT2D eigenvalue weighted by molar-refractivity contribution is 7.11. The molecule has 0 unspecified atom stereocenters. The van der Waals surface area contributed by atoms with Crippen LogP contribution in [0.15, 0.2) is 0 Å². The average molecular weight is 253 g/mol. The van der Waals surface area contributed by atoms with Gasteiger partial charge in [-0.1, -0.05) is 0 Å². The summed E-state index contributed by atoms with van der Waals surface area (Å²) in [6, 6.07) is -0.0461. The van der Waals surface area contributed by atoms with Crippen molar-refractivity contribution in [2.75, 3.05) is 6.54 Å². The maximum atomic E-state index is 11.6. The van der Waals surface area contributed by atoms with Gasteiger partial charge in [0.1, 0.15) is 0 Å². The fourth-order valence-electron chi connectivity index (χ4n) is 1.82. The molecule has 1 aliphatic rings. The summed E-state index contributed by atoms with van der Waals surface area (Å²) in [5.74, 6) is 0.712. The molecule has 17 heavy (non-hydrogen) atoms. The molecule has 0 spiro atoms. The van der Waals surface area contributed by atoms with E-state index in [0.717, 1.165) is 22.1 Å². The maximum absolute atomic E-state index is 11.6. The molecule has 5 heteroatoms. The first-order valence-corrected chi connectivity index (χ1v) is 6.86. The van der Waals surface area contributed by atoms with E-state index in [4.69, 9.17) is 0 Å². The Morgan fingerprint density at radius 2 is 2.24 bits per heavy atom. The topological polar surface area (TPSA) is 54.0 Å². The number of hydrogen-bond acceptors (Lipinski definition) is 3. The molecule has 0 aromatic carbocycles. The summed E-state index contributed by atoms with van der Waals surface area (Å²) in [7, 11) is 0. The van der Waals surface area contributed by atoms with E-state index in [9.17, 15) is 4.79 Å². The van der Waals surface area contributed by atoms with Crippen molar-refractivity contribution in [3.63, 3.8) is 0 Å². The molecule has 1 atom stereocenters. The number of hydrogen-bond donors (Lipinski definition) is 2. The Balaban J connectivity index is 1.84. The first-order chi connectivity index (χ1) is 8.06. The van der Waals surface area contributed by atoms with Crippen LogP contribution < -0.4 is 10.6 Å². The van der Waals surface area contributed by atoms with Crippen molar-refractivity contribution >= 4 is 17.4 Å². The maximum Gasteiger partial charge on any atom is 0.315 e. The van der Waals surface area contributed by atoms with Crippen molar-refractivity contribution < 1.29 is 4.79 Å². The Labute approximate surface area is 106 Å². The minimum atomic E-state index is -0.0742. The van der Waals surface area contributed by atoms with Gasteiger partial charge in [0, 0.05) is 11.4 Å². The Bertz CT molecular complexity index is 412. The lowest BCUT2D eigenvalue weighted by atomic mass is 10.2. The number of nitrogens with one attached hydrogen (secondary N) is 2. The van der Waals surface area contributed by atoms with Gasteiger partial charge in [0.25, 0.3) is 0 Å². The van der Waals surface area contributed by atoms with E-state index < -0.39 is 0 Å². The molecule has 2 amide bonds. The number of thiazole rings is 1. The Morgan fingerprint density at radius 1 is 1.53 bits per heavy atom. The molecule has 1 aromatic heterocycles.